The van der Waals surface area contributed by atoms with Gasteiger partial charge in [-0.05, 0) is 25.5 Å². The standard InChI is InChI=1S/C12H12N4O2S2/c1-3-11-15-8(2)12(19-11)16-20(17,18)10-5-4-9(6-13)14-7-10/h4-5,7,16H,3H2,1-2H3. The summed E-state index contributed by atoms with van der Waals surface area (Å²) in [5, 5.41) is 10.0. The molecule has 104 valence electrons. The lowest BCUT2D eigenvalue weighted by molar-refractivity contribution is 0.601. The van der Waals surface area contributed by atoms with E-state index in [0.717, 1.165) is 17.6 Å². The number of anilines is 1. The van der Waals surface area contributed by atoms with Gasteiger partial charge in [0.25, 0.3) is 10.0 Å². The molecule has 0 fully saturated rings. The number of hydrogen-bond donors (Lipinski definition) is 1. The predicted molar refractivity (Wildman–Crippen MR) is 76.0 cm³/mol. The van der Waals surface area contributed by atoms with E-state index in [-0.39, 0.29) is 10.6 Å². The Hall–Kier alpha value is -1.98. The third kappa shape index (κ3) is 2.95. The fraction of sp³-hybridized carbons (Fsp3) is 0.250. The Morgan fingerprint density at radius 3 is 2.70 bits per heavy atom. The second kappa shape index (κ2) is 5.56. The van der Waals surface area contributed by atoms with Crippen molar-refractivity contribution in [3.63, 3.8) is 0 Å². The van der Waals surface area contributed by atoms with E-state index >= 15 is 0 Å². The minimum absolute atomic E-state index is 0.0161. The number of nitriles is 1. The average Bonchev–Trinajstić information content (AvgIpc) is 2.79. The van der Waals surface area contributed by atoms with Gasteiger partial charge in [-0.2, -0.15) is 5.26 Å². The van der Waals surface area contributed by atoms with E-state index in [4.69, 9.17) is 5.26 Å². The molecule has 2 aromatic rings. The minimum Gasteiger partial charge on any atom is -0.269 e. The Labute approximate surface area is 121 Å². The Morgan fingerprint density at radius 1 is 1.45 bits per heavy atom. The molecule has 8 heteroatoms. The van der Waals surface area contributed by atoms with E-state index in [9.17, 15) is 8.42 Å². The van der Waals surface area contributed by atoms with Crippen molar-refractivity contribution in [3.05, 3.63) is 34.7 Å². The van der Waals surface area contributed by atoms with Crippen molar-refractivity contribution < 1.29 is 8.42 Å². The molecule has 0 aromatic carbocycles. The lowest BCUT2D eigenvalue weighted by Gasteiger charge is -2.05. The Balaban J connectivity index is 2.30. The van der Waals surface area contributed by atoms with Crippen LogP contribution in [0.3, 0.4) is 0 Å². The first-order valence-electron chi connectivity index (χ1n) is 5.81. The van der Waals surface area contributed by atoms with Gasteiger partial charge in [0, 0.05) is 6.20 Å². The van der Waals surface area contributed by atoms with Crippen molar-refractivity contribution in [2.75, 3.05) is 4.72 Å². The second-order valence-electron chi connectivity index (χ2n) is 3.97. The maximum atomic E-state index is 12.2. The van der Waals surface area contributed by atoms with Crippen LogP contribution in [0.2, 0.25) is 0 Å². The van der Waals surface area contributed by atoms with Crippen molar-refractivity contribution in [1.29, 1.82) is 5.26 Å². The maximum absolute atomic E-state index is 12.2. The quantitative estimate of drug-likeness (QED) is 0.933. The van der Waals surface area contributed by atoms with E-state index in [1.165, 1.54) is 23.5 Å². The first-order valence-corrected chi connectivity index (χ1v) is 8.11. The van der Waals surface area contributed by atoms with Gasteiger partial charge in [0.2, 0.25) is 0 Å². The van der Waals surface area contributed by atoms with Crippen LogP contribution in [0.4, 0.5) is 5.00 Å². The van der Waals surface area contributed by atoms with Crippen LogP contribution in [0.15, 0.2) is 23.2 Å². The van der Waals surface area contributed by atoms with E-state index < -0.39 is 10.0 Å². The zero-order valence-corrected chi connectivity index (χ0v) is 12.5. The number of pyridine rings is 1. The number of aromatic nitrogens is 2. The smallest absolute Gasteiger partial charge is 0.264 e. The van der Waals surface area contributed by atoms with Gasteiger partial charge in [-0.15, -0.1) is 11.3 Å². The van der Waals surface area contributed by atoms with Crippen molar-refractivity contribution in [1.82, 2.24) is 9.97 Å². The summed E-state index contributed by atoms with van der Waals surface area (Å²) in [5.74, 6) is 0. The second-order valence-corrected chi connectivity index (χ2v) is 6.74. The molecule has 2 heterocycles. The normalized spacial score (nSPS) is 11.1. The van der Waals surface area contributed by atoms with Gasteiger partial charge in [-0.3, -0.25) is 4.72 Å². The van der Waals surface area contributed by atoms with Crippen molar-refractivity contribution in [3.8, 4) is 6.07 Å². The van der Waals surface area contributed by atoms with Crippen molar-refractivity contribution in [2.45, 2.75) is 25.2 Å². The molecular formula is C12H12N4O2S2. The van der Waals surface area contributed by atoms with Gasteiger partial charge < -0.3 is 0 Å². The van der Waals surface area contributed by atoms with Gasteiger partial charge >= 0.3 is 0 Å². The summed E-state index contributed by atoms with van der Waals surface area (Å²) in [4.78, 5) is 8.04. The number of thiazole rings is 1. The first-order chi connectivity index (χ1) is 9.46. The number of hydrogen-bond acceptors (Lipinski definition) is 6. The van der Waals surface area contributed by atoms with Crippen LogP contribution < -0.4 is 4.72 Å². The lowest BCUT2D eigenvalue weighted by atomic mass is 10.4. The molecule has 0 spiro atoms. The highest BCUT2D eigenvalue weighted by atomic mass is 32.2. The molecule has 2 aromatic heterocycles. The summed E-state index contributed by atoms with van der Waals surface area (Å²) in [6, 6.07) is 4.56. The molecule has 0 radical (unpaired) electrons. The van der Waals surface area contributed by atoms with Gasteiger partial charge in [-0.1, -0.05) is 6.92 Å². The van der Waals surface area contributed by atoms with Gasteiger partial charge in [0.1, 0.15) is 21.7 Å². The largest absolute Gasteiger partial charge is 0.269 e. The zero-order chi connectivity index (χ0) is 14.8. The highest BCUT2D eigenvalue weighted by Crippen LogP contribution is 2.26. The van der Waals surface area contributed by atoms with Gasteiger partial charge in [0.15, 0.2) is 0 Å². The van der Waals surface area contributed by atoms with Crippen LogP contribution in [0.25, 0.3) is 0 Å². The molecule has 6 nitrogen and oxygen atoms in total. The van der Waals surface area contributed by atoms with Crippen LogP contribution in [-0.2, 0) is 16.4 Å². The fourth-order valence-corrected chi connectivity index (χ4v) is 3.68. The van der Waals surface area contributed by atoms with Crippen LogP contribution in [0, 0.1) is 18.3 Å². The lowest BCUT2D eigenvalue weighted by Crippen LogP contribution is -2.13. The minimum atomic E-state index is -3.71. The summed E-state index contributed by atoms with van der Waals surface area (Å²) in [6.07, 6.45) is 1.92. The first kappa shape index (κ1) is 14.4. The van der Waals surface area contributed by atoms with Crippen LogP contribution in [0.5, 0.6) is 0 Å². The molecule has 0 aliphatic heterocycles. The number of nitrogens with one attached hydrogen (secondary N) is 1. The molecule has 20 heavy (non-hydrogen) atoms. The molecular weight excluding hydrogens is 296 g/mol. The highest BCUT2D eigenvalue weighted by molar-refractivity contribution is 7.93. The van der Waals surface area contributed by atoms with Crippen LogP contribution >= 0.6 is 11.3 Å². The molecule has 0 aliphatic carbocycles. The van der Waals surface area contributed by atoms with E-state index in [1.54, 1.807) is 6.92 Å². The predicted octanol–water partition coefficient (Wildman–Crippen LogP) is 2.08. The molecule has 0 aliphatic rings. The third-order valence-corrected chi connectivity index (χ3v) is 5.21. The fourth-order valence-electron chi connectivity index (χ4n) is 1.48. The topological polar surface area (TPSA) is 95.7 Å². The molecule has 1 N–H and O–H groups in total. The Bertz CT molecular complexity index is 758. The molecule has 0 unspecified atom stereocenters. The van der Waals surface area contributed by atoms with Gasteiger partial charge in [-0.25, -0.2) is 18.4 Å². The van der Waals surface area contributed by atoms with Crippen molar-refractivity contribution >= 4 is 26.4 Å². The number of nitrogens with zero attached hydrogens (tertiary/aromatic N) is 3. The molecule has 0 saturated carbocycles. The van der Waals surface area contributed by atoms with E-state index in [0.29, 0.717) is 10.7 Å². The number of aryl methyl sites for hydroxylation is 2. The van der Waals surface area contributed by atoms with Crippen molar-refractivity contribution in [2.24, 2.45) is 0 Å². The highest BCUT2D eigenvalue weighted by Gasteiger charge is 2.18. The molecule has 0 bridgehead atoms. The average molecular weight is 308 g/mol. The monoisotopic (exact) mass is 308 g/mol. The Kier molecular flexibility index (Phi) is 4.01. The summed E-state index contributed by atoms with van der Waals surface area (Å²) in [7, 11) is -3.71. The van der Waals surface area contributed by atoms with Crippen LogP contribution in [0.1, 0.15) is 23.3 Å². The number of rotatable bonds is 4. The molecule has 2 rings (SSSR count). The summed E-state index contributed by atoms with van der Waals surface area (Å²) in [5.41, 5.74) is 0.822. The summed E-state index contributed by atoms with van der Waals surface area (Å²) >= 11 is 1.31. The number of sulfonamides is 1. The summed E-state index contributed by atoms with van der Waals surface area (Å²) in [6.45, 7) is 3.71. The van der Waals surface area contributed by atoms with E-state index in [1.807, 2.05) is 13.0 Å². The van der Waals surface area contributed by atoms with Gasteiger partial charge in [0.05, 0.1) is 10.7 Å². The summed E-state index contributed by atoms with van der Waals surface area (Å²) < 4.78 is 26.9. The maximum Gasteiger partial charge on any atom is 0.264 e. The third-order valence-electron chi connectivity index (χ3n) is 2.53. The SMILES string of the molecule is CCc1nc(C)c(NS(=O)(=O)c2ccc(C#N)nc2)s1. The van der Waals surface area contributed by atoms with E-state index in [2.05, 4.69) is 14.7 Å². The molecule has 0 amide bonds. The van der Waals surface area contributed by atoms with Crippen LogP contribution in [-0.4, -0.2) is 18.4 Å². The molecule has 0 atom stereocenters. The zero-order valence-electron chi connectivity index (χ0n) is 10.9. The Morgan fingerprint density at radius 2 is 2.20 bits per heavy atom. The molecule has 0 saturated heterocycles.